The van der Waals surface area contributed by atoms with Crippen LogP contribution in [0.1, 0.15) is 143 Å². The van der Waals surface area contributed by atoms with Gasteiger partial charge in [-0.3, -0.25) is 68.4 Å². The number of hydrogen-bond donors (Lipinski definition) is 14. The molecule has 39 heteroatoms. The highest BCUT2D eigenvalue weighted by Crippen LogP contribution is 2.31. The lowest BCUT2D eigenvalue weighted by atomic mass is 10.1. The Kier molecular flexibility index (Phi) is 39.3. The molecule has 0 aliphatic heterocycles. The van der Waals surface area contributed by atoms with Gasteiger partial charge >= 0.3 is 30.0 Å². The molecule has 8 amide bonds. The number of rotatable bonds is 39. The van der Waals surface area contributed by atoms with Gasteiger partial charge in [0.1, 0.15) is 53.0 Å². The first-order valence-electron chi connectivity index (χ1n) is 42.7. The number of nitrogens with zero attached hydrogens (tertiary/aromatic N) is 6. The van der Waals surface area contributed by atoms with Crippen LogP contribution in [0, 0.1) is 23.3 Å². The maximum Gasteiger partial charge on any atom is 0.325 e. The summed E-state index contributed by atoms with van der Waals surface area (Å²) in [4.78, 5) is 150. The summed E-state index contributed by atoms with van der Waals surface area (Å²) >= 11 is 0. The van der Waals surface area contributed by atoms with Crippen molar-refractivity contribution in [3.8, 4) is 0 Å². The number of halogens is 4. The second kappa shape index (κ2) is 51.8. The Labute approximate surface area is 780 Å². The number of carboxylic acids is 2. The zero-order valence-corrected chi connectivity index (χ0v) is 75.6. The predicted molar refractivity (Wildman–Crippen MR) is 509 cm³/mol. The predicted octanol–water partition coefficient (Wildman–Crippen LogP) is 17.3. The van der Waals surface area contributed by atoms with Gasteiger partial charge in [0, 0.05) is 170 Å². The van der Waals surface area contributed by atoms with Crippen LogP contribution >= 0.6 is 0 Å². The van der Waals surface area contributed by atoms with Crippen molar-refractivity contribution in [1.29, 1.82) is 0 Å². The molecule has 0 aliphatic rings. The SMILES string of the molecule is CCCC(=O)Cc1cc(Nc2cc(F)cc(F)c2)c(C(=O)Nc2ccc(CCC(=O)O)cc2)cn1.CCCC(=O)Cc1cc(Nc2cc(F)cc(F)c2)c(C(=O)Nc2ccc(CCC(=O)OCC)cc2)cn1.CCNC(=O)Nc1cc(Nc2ccccc2)c(C(=O)Nc2ccc(CS(C)(=O)=O)cc2)cn1.CCNC(=O)Nc1cc(Nc2ccccc2)c(C(=O)Nc2ccn(CC(=O)O)n2)cn1. The number of amides is 8. The number of nitrogens with one attached hydrogen (secondary N) is 12. The minimum Gasteiger partial charge on any atom is -0.481 e. The van der Waals surface area contributed by atoms with E-state index in [1.807, 2.05) is 74.5 Å². The van der Waals surface area contributed by atoms with Crippen LogP contribution in [0.4, 0.5) is 107 Å². The van der Waals surface area contributed by atoms with E-state index in [2.05, 4.69) is 88.8 Å². The fourth-order valence-electron chi connectivity index (χ4n) is 12.7. The van der Waals surface area contributed by atoms with Gasteiger partial charge < -0.3 is 68.1 Å². The Bertz CT molecular complexity index is 6290. The van der Waals surface area contributed by atoms with E-state index in [1.54, 1.807) is 106 Å². The second-order valence-corrected chi connectivity index (χ2v) is 32.2. The molecule has 136 heavy (non-hydrogen) atoms. The summed E-state index contributed by atoms with van der Waals surface area (Å²) in [6, 6.07) is 51.5. The summed E-state index contributed by atoms with van der Waals surface area (Å²) in [6.07, 6.45) is 11.4. The molecule has 0 bridgehead atoms. The first-order valence-corrected chi connectivity index (χ1v) is 44.8. The number of carbonyl (C=O) groups excluding carboxylic acids is 9. The number of esters is 1. The summed E-state index contributed by atoms with van der Waals surface area (Å²) in [7, 11) is -3.15. The van der Waals surface area contributed by atoms with Crippen molar-refractivity contribution in [2.75, 3.05) is 79.1 Å². The molecule has 0 radical (unpaired) electrons. The molecule has 708 valence electrons. The minimum absolute atomic E-state index is 0.000185. The van der Waals surface area contributed by atoms with Crippen molar-refractivity contribution < 1.29 is 93.7 Å². The highest BCUT2D eigenvalue weighted by molar-refractivity contribution is 7.89. The van der Waals surface area contributed by atoms with Crippen LogP contribution in [0.15, 0.2) is 231 Å². The number of pyridine rings is 4. The number of Topliss-reactive ketones (excluding diaryl/α,β-unsaturated/α-hetero) is 2. The molecule has 0 atom stereocenters. The molecule has 0 fully saturated rings. The quantitative estimate of drug-likeness (QED) is 0.0126. The van der Waals surface area contributed by atoms with Crippen LogP contribution in [0.5, 0.6) is 0 Å². The van der Waals surface area contributed by atoms with E-state index < -0.39 is 80.7 Å². The maximum atomic E-state index is 13.7. The largest absolute Gasteiger partial charge is 0.481 e. The Hall–Kier alpha value is -16.6. The minimum atomic E-state index is -3.15. The van der Waals surface area contributed by atoms with Crippen LogP contribution in [0.3, 0.4) is 0 Å². The first kappa shape index (κ1) is 103. The van der Waals surface area contributed by atoms with E-state index in [1.165, 1.54) is 60.1 Å². The number of urea groups is 2. The third-order valence-electron chi connectivity index (χ3n) is 18.9. The number of hydrogen-bond acceptors (Lipinski definition) is 23. The Balaban J connectivity index is 0.000000204. The summed E-state index contributed by atoms with van der Waals surface area (Å²) in [6.45, 7) is 10.1. The number of carboxylic acid groups (broad SMARTS) is 2. The summed E-state index contributed by atoms with van der Waals surface area (Å²) in [5.74, 6) is -6.63. The molecule has 0 spiro atoms. The highest BCUT2D eigenvalue weighted by Gasteiger charge is 2.23. The lowest BCUT2D eigenvalue weighted by Gasteiger charge is -2.14. The molecule has 7 aromatic carbocycles. The molecule has 12 aromatic rings. The Morgan fingerprint density at radius 2 is 0.750 bits per heavy atom. The second-order valence-electron chi connectivity index (χ2n) is 30.1. The molecule has 0 saturated heterocycles. The maximum absolute atomic E-state index is 13.7. The van der Waals surface area contributed by atoms with E-state index in [0.29, 0.717) is 104 Å². The van der Waals surface area contributed by atoms with Crippen LogP contribution in [0.25, 0.3) is 0 Å². The molecule has 14 N–H and O–H groups in total. The van der Waals surface area contributed by atoms with Crippen molar-refractivity contribution in [2.24, 2.45) is 0 Å². The van der Waals surface area contributed by atoms with Crippen molar-refractivity contribution in [2.45, 2.75) is 111 Å². The zero-order chi connectivity index (χ0) is 98.2. The number of aliphatic carboxylic acids is 2. The third-order valence-corrected chi connectivity index (χ3v) is 19.7. The molecular weight excluding hydrogens is 1780 g/mol. The fourth-order valence-corrected chi connectivity index (χ4v) is 13.5. The number of aromatic nitrogens is 6. The smallest absolute Gasteiger partial charge is 0.325 e. The van der Waals surface area contributed by atoms with Crippen LogP contribution in [0.2, 0.25) is 0 Å². The van der Waals surface area contributed by atoms with Crippen LogP contribution < -0.4 is 63.8 Å². The number of anilines is 14. The number of carbonyl (C=O) groups is 11. The van der Waals surface area contributed by atoms with Crippen molar-refractivity contribution in [1.82, 2.24) is 40.3 Å². The van der Waals surface area contributed by atoms with Gasteiger partial charge in [0.15, 0.2) is 15.7 Å². The average molecular weight is 1880 g/mol. The monoisotopic (exact) mass is 1880 g/mol. The van der Waals surface area contributed by atoms with Crippen LogP contribution in [-0.4, -0.2) is 139 Å². The zero-order valence-electron chi connectivity index (χ0n) is 74.8. The Morgan fingerprint density at radius 1 is 0.382 bits per heavy atom. The Morgan fingerprint density at radius 3 is 1.12 bits per heavy atom. The molecule has 0 unspecified atom stereocenters. The number of benzene rings is 7. The summed E-state index contributed by atoms with van der Waals surface area (Å²) in [5.41, 5.74) is 8.43. The van der Waals surface area contributed by atoms with E-state index in [-0.39, 0.29) is 118 Å². The van der Waals surface area contributed by atoms with E-state index in [4.69, 9.17) is 14.9 Å². The molecule has 5 aromatic heterocycles. The van der Waals surface area contributed by atoms with Gasteiger partial charge in [-0.15, -0.1) is 0 Å². The normalized spacial score (nSPS) is 10.6. The number of ether oxygens (including phenoxy) is 1. The van der Waals surface area contributed by atoms with Crippen molar-refractivity contribution in [3.63, 3.8) is 0 Å². The molecule has 0 aliphatic carbocycles. The van der Waals surface area contributed by atoms with Gasteiger partial charge in [-0.1, -0.05) is 86.6 Å². The van der Waals surface area contributed by atoms with Crippen molar-refractivity contribution in [3.05, 3.63) is 305 Å². The number of sulfone groups is 1. The van der Waals surface area contributed by atoms with Gasteiger partial charge in [0.25, 0.3) is 23.6 Å². The highest BCUT2D eigenvalue weighted by atomic mass is 32.2. The first-order chi connectivity index (χ1) is 65.2. The van der Waals surface area contributed by atoms with Gasteiger partial charge in [0.2, 0.25) is 0 Å². The number of aryl methyl sites for hydroxylation is 2. The van der Waals surface area contributed by atoms with Gasteiger partial charge in [0.05, 0.1) is 57.4 Å². The third kappa shape index (κ3) is 35.3. The number of ketones is 2. The molecule has 5 heterocycles. The molecule has 12 rings (SSSR count). The fraction of sp³-hybridized carbons (Fsp3) is 0.216. The topological polar surface area (TPSA) is 485 Å². The summed E-state index contributed by atoms with van der Waals surface area (Å²) in [5, 5.41) is 55.1. The van der Waals surface area contributed by atoms with Gasteiger partial charge in [-0.2, -0.15) is 5.10 Å². The average Bonchev–Trinajstić information content (AvgIpc) is 0.857. The lowest BCUT2D eigenvalue weighted by Crippen LogP contribution is -2.28. The standard InChI is InChI=1S/C28H29F2N3O4.C26H25F2N3O4.C23H25N5O4S.C20H21N7O4/c1-3-5-24(34)15-22-16-26(32-23-13-19(29)12-20(30)14-23)25(17-31-22)28(36)33-21-9-6-18(7-10-21)8-11-27(35)37-4-2;1-2-3-22(32)13-20-14-24(30-21-11-17(27)10-18(28)12-21)23(15-29-20)26(35)31-19-7-4-16(5-8-19)6-9-25(33)34;1-3-24-23(30)28-21-13-20(26-17-7-5-4-6-8-17)19(14-25-21)22(29)27-18-11-9-16(10-12-18)15-33(2,31)32;1-2-21-20(31)25-17-10-15(23-13-6-4-3-5-7-13)14(11-22-17)19(30)24-16-8-9-27(26-16)12-18(28)29/h6-7,9-10,12-14,16-17H,3-5,8,11,15H2,1-2H3,(H,31,32)(H,33,36);4-5,7-8,10-12,14-15H,2-3,6,9,13H2,1H3,(H,29,30)(H,31,35)(H,33,34);4-14H,3,15H2,1-2H3,(H,27,29)(H3,24,25,26,28,30);3-11H,2,12H2,1H3,(H,28,29)(H,24,26,30)(H3,21,22,23,25,31). The summed E-state index contributed by atoms with van der Waals surface area (Å²) < 4.78 is 83.9. The molecule has 0 saturated carbocycles. The molecular formula is C97H100F4N18O16S. The molecule has 34 nitrogen and oxygen atoms in total. The number of para-hydroxylation sites is 2. The van der Waals surface area contributed by atoms with Gasteiger partial charge in [-0.05, 0) is 160 Å². The van der Waals surface area contributed by atoms with Crippen molar-refractivity contribution >= 4 is 155 Å². The van der Waals surface area contributed by atoms with E-state index in [0.717, 1.165) is 58.9 Å². The van der Waals surface area contributed by atoms with E-state index in [9.17, 15) is 78.7 Å². The van der Waals surface area contributed by atoms with Gasteiger partial charge in [-0.25, -0.2) is 45.5 Å². The van der Waals surface area contributed by atoms with E-state index >= 15 is 0 Å². The van der Waals surface area contributed by atoms with Crippen LogP contribution in [-0.2, 0) is 76.5 Å². The lowest BCUT2D eigenvalue weighted by molar-refractivity contribution is -0.143.